The molecule has 4 aliphatic heterocycles. The lowest BCUT2D eigenvalue weighted by atomic mass is 9.74. The molecule has 0 saturated carbocycles. The second kappa shape index (κ2) is 35.2. The third-order valence-corrected chi connectivity index (χ3v) is 26.2. The number of fused-ring (bicyclic) bond motifs is 4. The molecule has 20 rings (SSSR count). The van der Waals surface area contributed by atoms with E-state index in [2.05, 4.69) is 177 Å². The van der Waals surface area contributed by atoms with Crippen molar-refractivity contribution in [3.05, 3.63) is 426 Å². The molecule has 0 spiro atoms. The second-order valence-electron chi connectivity index (χ2n) is 32.1. The van der Waals surface area contributed by atoms with E-state index in [1.165, 1.54) is 76.2 Å². The molecule has 4 aliphatic rings. The zero-order valence-electron chi connectivity index (χ0n) is 66.3. The molecule has 0 radical (unpaired) electrons. The van der Waals surface area contributed by atoms with Gasteiger partial charge in [-0.15, -0.1) is 12.4 Å². The summed E-state index contributed by atoms with van der Waals surface area (Å²) in [6, 6.07) is 112. The van der Waals surface area contributed by atoms with Crippen LogP contribution < -0.4 is 5.32 Å². The highest BCUT2D eigenvalue weighted by molar-refractivity contribution is 7.90. The average molecular weight is 1610 g/mol. The van der Waals surface area contributed by atoms with Gasteiger partial charge in [-0.05, 0) is 149 Å². The zero-order chi connectivity index (χ0) is 80.5. The number of nitrogens with one attached hydrogen (secondary N) is 4. The van der Waals surface area contributed by atoms with Crippen LogP contribution in [0.5, 0.6) is 0 Å². The van der Waals surface area contributed by atoms with Gasteiger partial charge in [-0.3, -0.25) is 33.9 Å². The third-order valence-electron chi connectivity index (χ3n) is 24.5. The lowest BCUT2D eigenvalue weighted by Gasteiger charge is -2.30. The summed E-state index contributed by atoms with van der Waals surface area (Å²) in [5.74, 6) is -0.835. The molecule has 4 atom stereocenters. The number of aromatic nitrogens is 4. The highest BCUT2D eigenvalue weighted by Gasteiger charge is 2.55. The number of aromatic amines is 3. The zero-order valence-corrected chi connectivity index (χ0v) is 67.9. The van der Waals surface area contributed by atoms with E-state index in [-0.39, 0.29) is 77.6 Å². The van der Waals surface area contributed by atoms with Crippen molar-refractivity contribution in [1.29, 1.82) is 0 Å². The predicted molar refractivity (Wildman–Crippen MR) is 477 cm³/mol. The first-order valence-electron chi connectivity index (χ1n) is 40.8. The highest BCUT2D eigenvalue weighted by atomic mass is 35.5. The Balaban J connectivity index is 0.000000120. The molecule has 0 aliphatic carbocycles. The van der Waals surface area contributed by atoms with Crippen molar-refractivity contribution in [2.45, 2.75) is 97.6 Å². The molecule has 16 aromatic rings. The molecular formula is C103H95ClN8O6S. The summed E-state index contributed by atoms with van der Waals surface area (Å²) in [4.78, 5) is 70.7. The molecule has 4 unspecified atom stereocenters. The van der Waals surface area contributed by atoms with Gasteiger partial charge >= 0.3 is 0 Å². The number of likely N-dealkylation sites (tertiary alicyclic amines) is 3. The van der Waals surface area contributed by atoms with Gasteiger partial charge in [0.15, 0.2) is 0 Å². The summed E-state index contributed by atoms with van der Waals surface area (Å²) in [5.41, 5.74) is 14.5. The van der Waals surface area contributed by atoms with Crippen LogP contribution in [0.1, 0.15) is 86.9 Å². The van der Waals surface area contributed by atoms with Crippen molar-refractivity contribution in [2.75, 3.05) is 26.2 Å². The topological polar surface area (TPSA) is 176 Å². The molecule has 16 heteroatoms. The molecule has 4 amide bonds. The van der Waals surface area contributed by atoms with Gasteiger partial charge in [0.25, 0.3) is 10.0 Å². The Morgan fingerprint density at radius 2 is 0.681 bits per heavy atom. The standard InChI is InChI=1S/C32H26N2O4S.C26H22N2O2.C26H26N2.C19H20N2.ClH/c35-30-21-32(20-24-12-4-1-5-13-24,31(36)33(30)22-25-14-6-2-7-15-25)28-23-34(29-19-11-10-18-27(28)29)39(37,38)26-16-8-3-9-17-26;29-24-16-26(15-19-9-3-1-4-10-19,22-17-27-23-14-8-7-13-21(22)23)25(30)28(24)18-20-11-5-2-6-12-20;1-3-9-21(10-4-1)17-26(24-18-27-25-14-8-7-13-23(24)25)15-16-28(20-26)19-22-11-5-2-6-12-22;1-2-6-15(7-3-1)12-19(10-11-20-14-19)17-13-21-18-9-5-4-8-16(17)18;/h1-19,23H,20-22H2;1-14,17,27H,15-16,18H2;1-14,18,27H,15-17,19-20H2;1-9,13,20-21H,10-12,14H2;1H. The SMILES string of the molecule is Cl.O=C1CC(Cc2ccccc2)(c2c[nH]c3ccccc23)C(=O)N1Cc1ccccc1.O=C1CC(Cc2ccccc2)(c2cn(S(=O)(=O)c3ccccc3)c3ccccc23)C(=O)N1Cc1ccccc1.c1ccc(CC2(c3c[nH]c4ccccc34)CCNC2)cc1.c1ccc(CN2CCC(Cc3ccccc3)(c3c[nH]c4ccccc34)C2)cc1. The molecule has 119 heavy (non-hydrogen) atoms. The minimum Gasteiger partial charge on any atom is -0.361 e. The van der Waals surface area contributed by atoms with Crippen molar-refractivity contribution in [3.8, 4) is 0 Å². The third kappa shape index (κ3) is 16.6. The Morgan fingerprint density at radius 3 is 1.12 bits per heavy atom. The van der Waals surface area contributed by atoms with Crippen molar-refractivity contribution in [1.82, 2.24) is 38.9 Å². The van der Waals surface area contributed by atoms with Crippen LogP contribution in [0, 0.1) is 0 Å². The number of para-hydroxylation sites is 4. The smallest absolute Gasteiger partial charge is 0.268 e. The number of imide groups is 2. The molecular weight excluding hydrogens is 1510 g/mol. The van der Waals surface area contributed by atoms with Gasteiger partial charge in [0.1, 0.15) is 0 Å². The van der Waals surface area contributed by atoms with Gasteiger partial charge in [-0.2, -0.15) is 0 Å². The normalized spacial score (nSPS) is 19.2. The predicted octanol–water partition coefficient (Wildman–Crippen LogP) is 19.5. The van der Waals surface area contributed by atoms with Crippen LogP contribution in [0.4, 0.5) is 0 Å². The van der Waals surface area contributed by atoms with E-state index in [1.54, 1.807) is 48.7 Å². The van der Waals surface area contributed by atoms with Gasteiger partial charge in [0.05, 0.1) is 34.3 Å². The number of carbonyl (C=O) groups excluding carboxylic acids is 4. The second-order valence-corrected chi connectivity index (χ2v) is 33.9. The summed E-state index contributed by atoms with van der Waals surface area (Å²) in [5, 5.41) is 7.95. The Hall–Kier alpha value is -12.8. The molecule has 8 heterocycles. The number of benzene rings is 12. The maximum atomic E-state index is 14.4. The van der Waals surface area contributed by atoms with Crippen molar-refractivity contribution >= 4 is 89.7 Å². The van der Waals surface area contributed by atoms with E-state index in [0.717, 1.165) is 84.3 Å². The number of hydrogen-bond donors (Lipinski definition) is 4. The van der Waals surface area contributed by atoms with Crippen LogP contribution in [0.15, 0.2) is 369 Å². The van der Waals surface area contributed by atoms with Crippen LogP contribution in [0.3, 0.4) is 0 Å². The number of rotatable bonds is 20. The van der Waals surface area contributed by atoms with Gasteiger partial charge in [0, 0.05) is 106 Å². The molecule has 4 aromatic heterocycles. The molecule has 4 fully saturated rings. The molecule has 0 bridgehead atoms. The lowest BCUT2D eigenvalue weighted by Crippen LogP contribution is -2.40. The Labute approximate surface area is 701 Å². The van der Waals surface area contributed by atoms with E-state index in [9.17, 15) is 27.6 Å². The number of nitrogens with zero attached hydrogens (tertiary/aromatic N) is 4. The molecule has 596 valence electrons. The monoisotopic (exact) mass is 1610 g/mol. The number of carbonyl (C=O) groups is 4. The number of amides is 4. The highest BCUT2D eigenvalue weighted by Crippen LogP contribution is 2.48. The lowest BCUT2D eigenvalue weighted by molar-refractivity contribution is -0.142. The number of H-pyrrole nitrogens is 3. The summed E-state index contributed by atoms with van der Waals surface area (Å²) in [6.07, 6.45) is 13.4. The summed E-state index contributed by atoms with van der Waals surface area (Å²) in [6.45, 7) is 5.89. The van der Waals surface area contributed by atoms with E-state index in [4.69, 9.17) is 0 Å². The first-order chi connectivity index (χ1) is 57.8. The minimum absolute atomic E-state index is 0. The summed E-state index contributed by atoms with van der Waals surface area (Å²) < 4.78 is 28.8. The Morgan fingerprint density at radius 1 is 0.336 bits per heavy atom. The van der Waals surface area contributed by atoms with Gasteiger partial charge in [-0.1, -0.05) is 303 Å². The van der Waals surface area contributed by atoms with Gasteiger partial charge < -0.3 is 20.3 Å². The minimum atomic E-state index is -3.96. The van der Waals surface area contributed by atoms with Crippen molar-refractivity contribution in [3.63, 3.8) is 0 Å². The summed E-state index contributed by atoms with van der Waals surface area (Å²) >= 11 is 0. The first kappa shape index (κ1) is 80.0. The fourth-order valence-electron chi connectivity index (χ4n) is 18.7. The van der Waals surface area contributed by atoms with Crippen LogP contribution in [-0.2, 0) is 96.2 Å². The maximum Gasteiger partial charge on any atom is 0.268 e. The summed E-state index contributed by atoms with van der Waals surface area (Å²) in [7, 11) is -3.96. The number of halogens is 1. The van der Waals surface area contributed by atoms with E-state index < -0.39 is 20.9 Å². The first-order valence-corrected chi connectivity index (χ1v) is 42.2. The van der Waals surface area contributed by atoms with Crippen LogP contribution in [-0.4, -0.2) is 91.8 Å². The van der Waals surface area contributed by atoms with Crippen molar-refractivity contribution in [2.24, 2.45) is 0 Å². The fraction of sp³-hybridized carbons (Fsp3) is 0.184. The Bertz CT molecular complexity index is 6300. The molecule has 14 nitrogen and oxygen atoms in total. The fourth-order valence-corrected chi connectivity index (χ4v) is 20.1. The maximum absolute atomic E-state index is 14.4. The van der Waals surface area contributed by atoms with Crippen molar-refractivity contribution < 1.29 is 27.6 Å². The van der Waals surface area contributed by atoms with Crippen LogP contribution >= 0.6 is 12.4 Å². The number of hydrogen-bond acceptors (Lipinski definition) is 8. The molecule has 4 saturated heterocycles. The van der Waals surface area contributed by atoms with E-state index >= 15 is 0 Å². The molecule has 4 N–H and O–H groups in total. The van der Waals surface area contributed by atoms with Crippen LogP contribution in [0.2, 0.25) is 0 Å². The van der Waals surface area contributed by atoms with E-state index in [1.807, 2.05) is 164 Å². The van der Waals surface area contributed by atoms with Crippen LogP contribution in [0.25, 0.3) is 43.6 Å². The quantitative estimate of drug-likeness (QED) is 0.0545. The molecule has 12 aromatic carbocycles. The Kier molecular flexibility index (Phi) is 23.7. The van der Waals surface area contributed by atoms with Gasteiger partial charge in [-0.25, -0.2) is 12.4 Å². The average Bonchev–Trinajstić information content (AvgIpc) is 1.56. The largest absolute Gasteiger partial charge is 0.361 e. The van der Waals surface area contributed by atoms with E-state index in [0.29, 0.717) is 29.4 Å². The van der Waals surface area contributed by atoms with Gasteiger partial charge in [0.2, 0.25) is 23.6 Å².